The minimum atomic E-state index is -0.397. The van der Waals surface area contributed by atoms with Crippen LogP contribution in [-0.4, -0.2) is 32.1 Å². The summed E-state index contributed by atoms with van der Waals surface area (Å²) in [7, 11) is 1.43. The Balaban J connectivity index is 2.35. The maximum absolute atomic E-state index is 13.5. The van der Waals surface area contributed by atoms with E-state index in [1.165, 1.54) is 13.2 Å². The molecule has 5 heteroatoms. The zero-order valence-electron chi connectivity index (χ0n) is 12.3. The summed E-state index contributed by atoms with van der Waals surface area (Å²) >= 11 is 0. The molecule has 1 amide bonds. The summed E-state index contributed by atoms with van der Waals surface area (Å²) in [6, 6.07) is 5.02. The molecular formula is C15H23FN2O2. The van der Waals surface area contributed by atoms with E-state index in [9.17, 15) is 9.18 Å². The van der Waals surface area contributed by atoms with E-state index >= 15 is 0 Å². The molecule has 2 N–H and O–H groups in total. The van der Waals surface area contributed by atoms with Crippen LogP contribution < -0.4 is 15.4 Å². The first-order chi connectivity index (χ1) is 9.56. The molecule has 1 aromatic rings. The maximum Gasteiger partial charge on any atom is 0.220 e. The number of hydrogen-bond acceptors (Lipinski definition) is 3. The van der Waals surface area contributed by atoms with E-state index in [4.69, 9.17) is 4.74 Å². The summed E-state index contributed by atoms with van der Waals surface area (Å²) in [6.45, 7) is 5.52. The zero-order chi connectivity index (χ0) is 15.0. The van der Waals surface area contributed by atoms with Crippen LogP contribution in [0.4, 0.5) is 4.39 Å². The van der Waals surface area contributed by atoms with E-state index in [-0.39, 0.29) is 17.7 Å². The van der Waals surface area contributed by atoms with Crippen LogP contribution in [0.5, 0.6) is 5.75 Å². The first-order valence-corrected chi connectivity index (χ1v) is 6.89. The molecule has 112 valence electrons. The molecule has 0 aromatic heterocycles. The fourth-order valence-corrected chi connectivity index (χ4v) is 1.90. The molecule has 20 heavy (non-hydrogen) atoms. The molecular weight excluding hydrogens is 259 g/mol. The lowest BCUT2D eigenvalue weighted by Crippen LogP contribution is -2.38. The molecule has 0 unspecified atom stereocenters. The molecule has 0 aliphatic rings. The molecule has 0 saturated heterocycles. The van der Waals surface area contributed by atoms with E-state index in [0.717, 1.165) is 12.1 Å². The molecule has 1 rings (SSSR count). The Bertz CT molecular complexity index is 438. The molecule has 0 heterocycles. The van der Waals surface area contributed by atoms with Crippen molar-refractivity contribution in [3.05, 3.63) is 29.6 Å². The van der Waals surface area contributed by atoms with E-state index in [1.807, 2.05) is 13.8 Å². The minimum Gasteiger partial charge on any atom is -0.494 e. The van der Waals surface area contributed by atoms with E-state index in [0.29, 0.717) is 19.4 Å². The van der Waals surface area contributed by atoms with Gasteiger partial charge in [-0.05, 0) is 37.6 Å². The number of ether oxygens (including phenoxy) is 1. The quantitative estimate of drug-likeness (QED) is 0.765. The average Bonchev–Trinajstić information content (AvgIpc) is 2.43. The van der Waals surface area contributed by atoms with Crippen molar-refractivity contribution >= 4 is 5.91 Å². The lowest BCUT2D eigenvalue weighted by atomic mass is 10.1. The summed E-state index contributed by atoms with van der Waals surface area (Å²) < 4.78 is 18.3. The van der Waals surface area contributed by atoms with E-state index in [2.05, 4.69) is 10.6 Å². The van der Waals surface area contributed by atoms with Crippen molar-refractivity contribution < 1.29 is 13.9 Å². The van der Waals surface area contributed by atoms with Gasteiger partial charge in [0.15, 0.2) is 11.6 Å². The smallest absolute Gasteiger partial charge is 0.220 e. The molecule has 1 atom stereocenters. The largest absolute Gasteiger partial charge is 0.494 e. The summed E-state index contributed by atoms with van der Waals surface area (Å²) in [4.78, 5) is 11.7. The summed E-state index contributed by atoms with van der Waals surface area (Å²) in [5.41, 5.74) is 0.790. The Labute approximate surface area is 119 Å². The van der Waals surface area contributed by atoms with Gasteiger partial charge in [-0.25, -0.2) is 4.39 Å². The summed E-state index contributed by atoms with van der Waals surface area (Å²) in [5.74, 6) is -0.199. The second-order valence-electron chi connectivity index (χ2n) is 4.73. The van der Waals surface area contributed by atoms with Gasteiger partial charge in [-0.15, -0.1) is 0 Å². The number of amides is 1. The average molecular weight is 282 g/mol. The van der Waals surface area contributed by atoms with Gasteiger partial charge < -0.3 is 15.4 Å². The lowest BCUT2D eigenvalue weighted by Gasteiger charge is -2.13. The number of likely N-dealkylation sites (N-methyl/N-ethyl adjacent to an activating group) is 1. The number of methoxy groups -OCH3 is 1. The third-order valence-electron chi connectivity index (χ3n) is 3.01. The molecule has 1 aromatic carbocycles. The van der Waals surface area contributed by atoms with Gasteiger partial charge in [-0.1, -0.05) is 13.0 Å². The molecule has 0 aliphatic carbocycles. The van der Waals surface area contributed by atoms with Crippen molar-refractivity contribution in [3.63, 3.8) is 0 Å². The predicted molar refractivity (Wildman–Crippen MR) is 77.4 cm³/mol. The standard InChI is InChI=1S/C15H23FN2O2/c1-4-17-11(2)10-18-15(19)8-6-12-5-7-14(20-3)13(16)9-12/h5,7,9,11,17H,4,6,8,10H2,1-3H3,(H,18,19)/t11-/m1/s1. The first kappa shape index (κ1) is 16.4. The van der Waals surface area contributed by atoms with Crippen LogP contribution in [0.15, 0.2) is 18.2 Å². The van der Waals surface area contributed by atoms with Gasteiger partial charge in [-0.3, -0.25) is 4.79 Å². The highest BCUT2D eigenvalue weighted by Crippen LogP contribution is 2.18. The second-order valence-corrected chi connectivity index (χ2v) is 4.73. The monoisotopic (exact) mass is 282 g/mol. The van der Waals surface area contributed by atoms with Gasteiger partial charge >= 0.3 is 0 Å². The third-order valence-corrected chi connectivity index (χ3v) is 3.01. The van der Waals surface area contributed by atoms with Crippen molar-refractivity contribution in [2.45, 2.75) is 32.7 Å². The number of aryl methyl sites for hydroxylation is 1. The highest BCUT2D eigenvalue weighted by Gasteiger charge is 2.07. The van der Waals surface area contributed by atoms with Gasteiger partial charge in [0.1, 0.15) is 0 Å². The Hall–Kier alpha value is -1.62. The number of benzene rings is 1. The van der Waals surface area contributed by atoms with Crippen LogP contribution in [0.2, 0.25) is 0 Å². The first-order valence-electron chi connectivity index (χ1n) is 6.89. The Morgan fingerprint density at radius 3 is 2.80 bits per heavy atom. The van der Waals surface area contributed by atoms with Crippen LogP contribution in [-0.2, 0) is 11.2 Å². The Kier molecular flexibility index (Phi) is 7.01. The number of nitrogens with one attached hydrogen (secondary N) is 2. The van der Waals surface area contributed by atoms with Crippen LogP contribution in [0.25, 0.3) is 0 Å². The molecule has 0 fully saturated rings. The fraction of sp³-hybridized carbons (Fsp3) is 0.533. The third kappa shape index (κ3) is 5.57. The molecule has 4 nitrogen and oxygen atoms in total. The van der Waals surface area contributed by atoms with Crippen LogP contribution in [0.3, 0.4) is 0 Å². The number of carbonyl (C=O) groups is 1. The highest BCUT2D eigenvalue weighted by atomic mass is 19.1. The second kappa shape index (κ2) is 8.53. The van der Waals surface area contributed by atoms with Gasteiger partial charge in [0.05, 0.1) is 7.11 Å². The SMILES string of the molecule is CCN[C@H](C)CNC(=O)CCc1ccc(OC)c(F)c1. The highest BCUT2D eigenvalue weighted by molar-refractivity contribution is 5.76. The Morgan fingerprint density at radius 2 is 2.20 bits per heavy atom. The van der Waals surface area contributed by atoms with Gasteiger partial charge in [0.2, 0.25) is 5.91 Å². The predicted octanol–water partition coefficient (Wildman–Crippen LogP) is 1.88. The van der Waals surface area contributed by atoms with Crippen LogP contribution in [0.1, 0.15) is 25.8 Å². The Morgan fingerprint density at radius 1 is 1.45 bits per heavy atom. The number of rotatable bonds is 8. The number of halogens is 1. The van der Waals surface area contributed by atoms with E-state index < -0.39 is 5.82 Å². The van der Waals surface area contributed by atoms with Crippen molar-refractivity contribution in [1.29, 1.82) is 0 Å². The normalized spacial score (nSPS) is 12.0. The lowest BCUT2D eigenvalue weighted by molar-refractivity contribution is -0.121. The van der Waals surface area contributed by atoms with E-state index in [1.54, 1.807) is 12.1 Å². The van der Waals surface area contributed by atoms with Crippen molar-refractivity contribution in [1.82, 2.24) is 10.6 Å². The molecule has 0 saturated carbocycles. The molecule has 0 spiro atoms. The molecule has 0 bridgehead atoms. The number of hydrogen-bond donors (Lipinski definition) is 2. The maximum atomic E-state index is 13.5. The minimum absolute atomic E-state index is 0.0222. The fourth-order valence-electron chi connectivity index (χ4n) is 1.90. The molecule has 0 radical (unpaired) electrons. The van der Waals surface area contributed by atoms with Gasteiger partial charge in [0, 0.05) is 19.0 Å². The molecule has 0 aliphatic heterocycles. The summed E-state index contributed by atoms with van der Waals surface area (Å²) in [6.07, 6.45) is 0.868. The van der Waals surface area contributed by atoms with Crippen LogP contribution in [0, 0.1) is 5.82 Å². The zero-order valence-corrected chi connectivity index (χ0v) is 12.3. The van der Waals surface area contributed by atoms with Crippen LogP contribution >= 0.6 is 0 Å². The topological polar surface area (TPSA) is 50.4 Å². The number of carbonyl (C=O) groups excluding carboxylic acids is 1. The van der Waals surface area contributed by atoms with Crippen molar-refractivity contribution in [2.24, 2.45) is 0 Å². The van der Waals surface area contributed by atoms with Gasteiger partial charge in [-0.2, -0.15) is 0 Å². The van der Waals surface area contributed by atoms with Gasteiger partial charge in [0.25, 0.3) is 0 Å². The van der Waals surface area contributed by atoms with Crippen molar-refractivity contribution in [3.8, 4) is 5.75 Å². The van der Waals surface area contributed by atoms with Crippen molar-refractivity contribution in [2.75, 3.05) is 20.2 Å². The summed E-state index contributed by atoms with van der Waals surface area (Å²) in [5, 5.41) is 6.07.